The number of rotatable bonds is 4. The van der Waals surface area contributed by atoms with Gasteiger partial charge in [-0.05, 0) is 85.8 Å². The van der Waals surface area contributed by atoms with E-state index in [9.17, 15) is 0 Å². The summed E-state index contributed by atoms with van der Waals surface area (Å²) < 4.78 is 15.9. The summed E-state index contributed by atoms with van der Waals surface area (Å²) in [5.41, 5.74) is 6.60. The zero-order valence-corrected chi connectivity index (χ0v) is 22.3. The Balaban J connectivity index is 0.000000580. The minimum Gasteiger partial charge on any atom is -0.457 e. The van der Waals surface area contributed by atoms with Gasteiger partial charge < -0.3 is 14.2 Å². The number of hydrogen-bond donors (Lipinski definition) is 0. The molecule has 0 aliphatic carbocycles. The number of aryl methyl sites for hydroxylation is 3. The third-order valence-electron chi connectivity index (χ3n) is 6.03. The van der Waals surface area contributed by atoms with E-state index in [-0.39, 0.29) is 29.7 Å². The van der Waals surface area contributed by atoms with Gasteiger partial charge in [0.1, 0.15) is 11.5 Å². The third-order valence-corrected chi connectivity index (χ3v) is 6.03. The molecule has 0 radical (unpaired) electrons. The molecule has 3 nitrogen and oxygen atoms in total. The summed E-state index contributed by atoms with van der Waals surface area (Å²) in [6.45, 7) is 6.62. The molecule has 42 heavy (non-hydrogen) atoms. The van der Waals surface area contributed by atoms with Crippen LogP contribution in [-0.4, -0.2) is 6.79 Å². The third kappa shape index (κ3) is 11.9. The van der Waals surface area contributed by atoms with Gasteiger partial charge in [0.05, 0.1) is 0 Å². The maximum Gasteiger partial charge on any atom is 0.231 e. The van der Waals surface area contributed by atoms with E-state index in [1.54, 1.807) is 0 Å². The van der Waals surface area contributed by atoms with Gasteiger partial charge >= 0.3 is 0 Å². The number of ether oxygens (including phenoxy) is 3. The summed E-state index contributed by atoms with van der Waals surface area (Å²) in [7, 11) is 0. The lowest BCUT2D eigenvalue weighted by Crippen LogP contribution is -1.92. The highest BCUT2D eigenvalue weighted by Gasteiger charge is 2.11. The van der Waals surface area contributed by atoms with Crippen molar-refractivity contribution in [3.8, 4) is 23.0 Å². The Morgan fingerprint density at radius 3 is 1.69 bits per heavy atom. The second-order valence-corrected chi connectivity index (χ2v) is 9.17. The van der Waals surface area contributed by atoms with Crippen LogP contribution in [-0.2, 0) is 6.42 Å². The van der Waals surface area contributed by atoms with E-state index >= 15 is 0 Å². The van der Waals surface area contributed by atoms with Crippen LogP contribution in [0.5, 0.6) is 23.0 Å². The van der Waals surface area contributed by atoms with Crippen molar-refractivity contribution in [3.63, 3.8) is 0 Å². The zero-order chi connectivity index (χ0) is 26.6. The van der Waals surface area contributed by atoms with Gasteiger partial charge in [0.25, 0.3) is 0 Å². The van der Waals surface area contributed by atoms with Crippen LogP contribution in [0.2, 0.25) is 0 Å². The van der Waals surface area contributed by atoms with Crippen LogP contribution in [0, 0.1) is 20.8 Å². The zero-order valence-electron chi connectivity index (χ0n) is 22.3. The SMILES string of the molecule is C.C.C.C.Cc1ccc(Oc2ccccc2)cc1.Cc1ccc2c(c1)OCO2.Cc1ccccc1Cc1ccccc1. The van der Waals surface area contributed by atoms with E-state index in [2.05, 4.69) is 68.4 Å². The van der Waals surface area contributed by atoms with Crippen LogP contribution in [0.4, 0.5) is 0 Å². The van der Waals surface area contributed by atoms with E-state index in [1.807, 2.05) is 79.7 Å². The van der Waals surface area contributed by atoms with Crippen molar-refractivity contribution in [2.75, 3.05) is 6.79 Å². The Morgan fingerprint density at radius 1 is 0.524 bits per heavy atom. The maximum absolute atomic E-state index is 5.63. The van der Waals surface area contributed by atoms with E-state index in [0.717, 1.165) is 29.4 Å². The fraction of sp³-hybridized carbons (Fsp3) is 0.231. The van der Waals surface area contributed by atoms with Crippen molar-refractivity contribution < 1.29 is 14.2 Å². The predicted molar refractivity (Wildman–Crippen MR) is 182 cm³/mol. The molecule has 6 rings (SSSR count). The van der Waals surface area contributed by atoms with Crippen LogP contribution in [0.3, 0.4) is 0 Å². The van der Waals surface area contributed by atoms with Crippen molar-refractivity contribution >= 4 is 0 Å². The van der Waals surface area contributed by atoms with Gasteiger partial charge in [-0.25, -0.2) is 0 Å². The van der Waals surface area contributed by atoms with Crippen molar-refractivity contribution in [1.29, 1.82) is 0 Å². The van der Waals surface area contributed by atoms with Crippen LogP contribution < -0.4 is 14.2 Å². The average Bonchev–Trinajstić information content (AvgIpc) is 3.41. The number of benzene rings is 5. The van der Waals surface area contributed by atoms with Crippen LogP contribution in [0.25, 0.3) is 0 Å². The summed E-state index contributed by atoms with van der Waals surface area (Å²) in [5.74, 6) is 3.46. The molecule has 0 saturated carbocycles. The lowest BCUT2D eigenvalue weighted by Gasteiger charge is -2.04. The molecule has 5 aromatic rings. The topological polar surface area (TPSA) is 27.7 Å². The standard InChI is InChI=1S/C14H14.C13H12O.C8H8O2.4CH4/c1-12-7-5-6-10-14(12)11-13-8-3-2-4-9-13;1-11-7-9-13(10-8-11)14-12-5-3-2-4-6-12;1-6-2-3-7-8(4-6)10-5-9-7;;;;/h2-10H,11H2,1H3;2-10H,1H3;2-4H,5H2,1H3;4*1H4. The first-order chi connectivity index (χ1) is 18.6. The van der Waals surface area contributed by atoms with Crippen LogP contribution in [0.1, 0.15) is 57.5 Å². The molecule has 1 aliphatic rings. The first-order valence-corrected chi connectivity index (χ1v) is 12.8. The first kappa shape index (κ1) is 37.5. The van der Waals surface area contributed by atoms with Gasteiger partial charge in [-0.1, -0.05) is 126 Å². The number of hydrogen-bond acceptors (Lipinski definition) is 3. The molecule has 0 fully saturated rings. The van der Waals surface area contributed by atoms with Crippen molar-refractivity contribution in [2.45, 2.75) is 56.9 Å². The first-order valence-electron chi connectivity index (χ1n) is 12.8. The molecule has 0 spiro atoms. The van der Waals surface area contributed by atoms with Gasteiger partial charge in [0.15, 0.2) is 11.5 Å². The van der Waals surface area contributed by atoms with Crippen molar-refractivity contribution in [3.05, 3.63) is 155 Å². The maximum atomic E-state index is 5.63. The minimum absolute atomic E-state index is 0. The highest BCUT2D eigenvalue weighted by Crippen LogP contribution is 2.32. The summed E-state index contributed by atoms with van der Waals surface area (Å²) in [6, 6.07) is 42.9. The lowest BCUT2D eigenvalue weighted by atomic mass is 10.0. The van der Waals surface area contributed by atoms with E-state index < -0.39 is 0 Å². The van der Waals surface area contributed by atoms with E-state index in [1.165, 1.54) is 27.8 Å². The Labute approximate surface area is 255 Å². The van der Waals surface area contributed by atoms with E-state index in [0.29, 0.717) is 6.79 Å². The molecular formula is C39H50O3. The highest BCUT2D eigenvalue weighted by atomic mass is 16.7. The molecule has 1 aliphatic heterocycles. The minimum atomic E-state index is 0. The molecular weight excluding hydrogens is 516 g/mol. The normalized spacial score (nSPS) is 9.88. The number of fused-ring (bicyclic) bond motifs is 1. The summed E-state index contributed by atoms with van der Waals surface area (Å²) in [5, 5.41) is 0. The summed E-state index contributed by atoms with van der Waals surface area (Å²) in [4.78, 5) is 0. The second-order valence-electron chi connectivity index (χ2n) is 9.17. The average molecular weight is 567 g/mol. The Bertz CT molecular complexity index is 1400. The molecule has 1 heterocycles. The second kappa shape index (κ2) is 19.6. The van der Waals surface area contributed by atoms with Crippen LogP contribution >= 0.6 is 0 Å². The smallest absolute Gasteiger partial charge is 0.231 e. The van der Waals surface area contributed by atoms with Gasteiger partial charge in [-0.3, -0.25) is 0 Å². The van der Waals surface area contributed by atoms with Gasteiger partial charge in [-0.15, -0.1) is 0 Å². The molecule has 0 N–H and O–H groups in total. The Kier molecular flexibility index (Phi) is 17.5. The molecule has 224 valence electrons. The van der Waals surface area contributed by atoms with Gasteiger partial charge in [-0.2, -0.15) is 0 Å². The fourth-order valence-corrected chi connectivity index (χ4v) is 3.86. The molecule has 0 unspecified atom stereocenters. The molecule has 0 bridgehead atoms. The van der Waals surface area contributed by atoms with Gasteiger partial charge in [0.2, 0.25) is 6.79 Å². The quantitative estimate of drug-likeness (QED) is 0.216. The molecule has 5 aromatic carbocycles. The highest BCUT2D eigenvalue weighted by molar-refractivity contribution is 5.44. The molecule has 0 atom stereocenters. The molecule has 0 aromatic heterocycles. The largest absolute Gasteiger partial charge is 0.457 e. The number of para-hydroxylation sites is 1. The Morgan fingerprint density at radius 2 is 1.05 bits per heavy atom. The summed E-state index contributed by atoms with van der Waals surface area (Å²) >= 11 is 0. The van der Waals surface area contributed by atoms with Crippen molar-refractivity contribution in [1.82, 2.24) is 0 Å². The predicted octanol–water partition coefficient (Wildman–Crippen LogP) is 11.6. The van der Waals surface area contributed by atoms with Crippen molar-refractivity contribution in [2.24, 2.45) is 0 Å². The lowest BCUT2D eigenvalue weighted by molar-refractivity contribution is 0.174. The molecule has 0 amide bonds. The molecule has 0 saturated heterocycles. The fourth-order valence-electron chi connectivity index (χ4n) is 3.86. The molecule has 3 heteroatoms. The van der Waals surface area contributed by atoms with Crippen LogP contribution in [0.15, 0.2) is 127 Å². The van der Waals surface area contributed by atoms with E-state index in [4.69, 9.17) is 14.2 Å². The monoisotopic (exact) mass is 566 g/mol. The Hall–Kier alpha value is -4.50. The summed E-state index contributed by atoms with van der Waals surface area (Å²) in [6.07, 6.45) is 1.04. The van der Waals surface area contributed by atoms with Gasteiger partial charge in [0, 0.05) is 0 Å².